The van der Waals surface area contributed by atoms with Crippen molar-refractivity contribution in [3.63, 3.8) is 0 Å². The third-order valence-electron chi connectivity index (χ3n) is 5.99. The smallest absolute Gasteiger partial charge is 0.407 e. The molecule has 194 valence electrons. The number of rotatable bonds is 9. The van der Waals surface area contributed by atoms with Gasteiger partial charge in [-0.1, -0.05) is 48.5 Å². The normalized spacial score (nSPS) is 16.6. The second-order valence-corrected chi connectivity index (χ2v) is 8.85. The summed E-state index contributed by atoms with van der Waals surface area (Å²) in [6.07, 6.45) is -4.14. The first-order valence-electron chi connectivity index (χ1n) is 11.7. The maximum absolute atomic E-state index is 12.4. The molecule has 4 rings (SSSR count). The molecule has 10 heteroatoms. The molecule has 0 aromatic heterocycles. The van der Waals surface area contributed by atoms with E-state index in [1.54, 1.807) is 60.7 Å². The van der Waals surface area contributed by atoms with Crippen LogP contribution in [-0.2, 0) is 17.9 Å². The zero-order valence-corrected chi connectivity index (χ0v) is 19.8. The Kier molecular flexibility index (Phi) is 7.98. The van der Waals surface area contributed by atoms with E-state index in [0.717, 1.165) is 16.7 Å². The van der Waals surface area contributed by atoms with Gasteiger partial charge in [0.1, 0.15) is 6.61 Å². The van der Waals surface area contributed by atoms with Crippen molar-refractivity contribution in [2.24, 2.45) is 0 Å². The summed E-state index contributed by atoms with van der Waals surface area (Å²) in [6.45, 7) is -0.702. The average molecular weight is 513 g/mol. The Morgan fingerprint density at radius 3 is 2.30 bits per heavy atom. The van der Waals surface area contributed by atoms with Crippen LogP contribution in [-0.4, -0.2) is 30.8 Å². The van der Waals surface area contributed by atoms with E-state index in [0.29, 0.717) is 23.4 Å². The minimum atomic E-state index is -4.22. The Labute approximate surface area is 212 Å². The Hall–Kier alpha value is -4.05. The molecule has 0 saturated heterocycles. The van der Waals surface area contributed by atoms with Crippen LogP contribution in [0, 0.1) is 0 Å². The van der Waals surface area contributed by atoms with Crippen LogP contribution in [0.15, 0.2) is 72.8 Å². The highest BCUT2D eigenvalue weighted by atomic mass is 19.4. The number of alkyl carbamates (subject to hydrolysis) is 1. The first-order chi connectivity index (χ1) is 17.7. The van der Waals surface area contributed by atoms with Gasteiger partial charge >= 0.3 is 12.3 Å². The summed E-state index contributed by atoms with van der Waals surface area (Å²) < 4.78 is 42.2. The molecule has 2 amide bonds. The molecule has 0 radical (unpaired) electrons. The first kappa shape index (κ1) is 26.0. The number of hydrogen-bond acceptors (Lipinski definition) is 5. The monoisotopic (exact) mass is 512 g/mol. The quantitative estimate of drug-likeness (QED) is 0.304. The second kappa shape index (κ2) is 11.3. The topological polar surface area (TPSA) is 105 Å². The highest BCUT2D eigenvalue weighted by molar-refractivity contribution is 6.05. The molecule has 0 aliphatic heterocycles. The number of hydrogen-bond donors (Lipinski definition) is 4. The molecule has 3 aromatic rings. The van der Waals surface area contributed by atoms with Gasteiger partial charge in [-0.05, 0) is 47.4 Å². The van der Waals surface area contributed by atoms with Crippen LogP contribution in [0.3, 0.4) is 0 Å². The molecule has 2 atom stereocenters. The minimum absolute atomic E-state index is 0.0637. The van der Waals surface area contributed by atoms with Gasteiger partial charge in [-0.15, -0.1) is 0 Å². The molecule has 37 heavy (non-hydrogen) atoms. The fourth-order valence-corrected chi connectivity index (χ4v) is 3.85. The van der Waals surface area contributed by atoms with Crippen molar-refractivity contribution in [3.8, 4) is 0 Å². The van der Waals surface area contributed by atoms with E-state index < -0.39 is 18.8 Å². The molecule has 1 aliphatic carbocycles. The van der Waals surface area contributed by atoms with Gasteiger partial charge in [0.2, 0.25) is 0 Å². The maximum atomic E-state index is 12.4. The fraction of sp³-hybridized carbons (Fsp3) is 0.259. The van der Waals surface area contributed by atoms with E-state index in [1.807, 2.05) is 12.1 Å². The molecule has 1 saturated carbocycles. The van der Waals surface area contributed by atoms with E-state index in [1.165, 1.54) is 0 Å². The molecule has 0 spiro atoms. The number of nitrogens with two attached hydrogens (primary N) is 1. The van der Waals surface area contributed by atoms with Gasteiger partial charge < -0.3 is 26.4 Å². The molecule has 1 fully saturated rings. The number of benzene rings is 3. The van der Waals surface area contributed by atoms with E-state index >= 15 is 0 Å². The van der Waals surface area contributed by atoms with Gasteiger partial charge in [-0.25, -0.2) is 4.79 Å². The Balaban J connectivity index is 1.17. The number of alkyl halides is 3. The lowest BCUT2D eigenvalue weighted by Gasteiger charge is -2.10. The van der Waals surface area contributed by atoms with Crippen molar-refractivity contribution >= 4 is 23.4 Å². The summed E-state index contributed by atoms with van der Waals surface area (Å²) in [5, 5.41) is 7.94. The van der Waals surface area contributed by atoms with Crippen molar-refractivity contribution in [2.75, 3.05) is 17.6 Å². The molecule has 5 N–H and O–H groups in total. The zero-order chi connectivity index (χ0) is 26.4. The molecule has 1 aliphatic rings. The number of halogens is 3. The maximum Gasteiger partial charge on any atom is 0.407 e. The predicted octanol–water partition coefficient (Wildman–Crippen LogP) is 4.96. The Bertz CT molecular complexity index is 1230. The lowest BCUT2D eigenvalue weighted by molar-refractivity contribution is -0.125. The van der Waals surface area contributed by atoms with Crippen molar-refractivity contribution in [3.05, 3.63) is 95.1 Å². The Morgan fingerprint density at radius 2 is 1.62 bits per heavy atom. The summed E-state index contributed by atoms with van der Waals surface area (Å²) in [5.41, 5.74) is 9.82. The lowest BCUT2D eigenvalue weighted by Crippen LogP contribution is -2.30. The fourth-order valence-electron chi connectivity index (χ4n) is 3.85. The highest BCUT2D eigenvalue weighted by Crippen LogP contribution is 2.41. The van der Waals surface area contributed by atoms with Crippen LogP contribution >= 0.6 is 0 Å². The summed E-state index contributed by atoms with van der Waals surface area (Å²) >= 11 is 0. The van der Waals surface area contributed by atoms with Crippen molar-refractivity contribution in [1.29, 1.82) is 0 Å². The number of carbonyl (C=O) groups excluding carboxylic acids is 2. The van der Waals surface area contributed by atoms with Crippen molar-refractivity contribution in [1.82, 2.24) is 10.6 Å². The zero-order valence-electron chi connectivity index (χ0n) is 19.8. The van der Waals surface area contributed by atoms with Crippen LogP contribution in [0.1, 0.15) is 39.4 Å². The molecule has 3 aromatic carbocycles. The number of para-hydroxylation sites is 2. The van der Waals surface area contributed by atoms with Crippen LogP contribution in [0.2, 0.25) is 0 Å². The number of amides is 2. The van der Waals surface area contributed by atoms with Gasteiger partial charge in [0, 0.05) is 24.1 Å². The van der Waals surface area contributed by atoms with Crippen LogP contribution < -0.4 is 21.7 Å². The molecular weight excluding hydrogens is 485 g/mol. The molecule has 0 heterocycles. The highest BCUT2D eigenvalue weighted by Gasteiger charge is 2.40. The summed E-state index contributed by atoms with van der Waals surface area (Å²) in [5.74, 6) is -0.229. The largest absolute Gasteiger partial charge is 0.445 e. The third kappa shape index (κ3) is 7.71. The Morgan fingerprint density at radius 1 is 0.946 bits per heavy atom. The second-order valence-electron chi connectivity index (χ2n) is 8.85. The van der Waals surface area contributed by atoms with Crippen LogP contribution in [0.4, 0.5) is 29.3 Å². The SMILES string of the molecule is Nc1ccccc1NC(=O)c1ccc(CNC(=O)OCc2ccc(C3C[C@@H]3NCC(F)(F)F)cc2)cc1. The van der Waals surface area contributed by atoms with Gasteiger partial charge in [0.25, 0.3) is 5.91 Å². The van der Waals surface area contributed by atoms with E-state index in [2.05, 4.69) is 16.0 Å². The molecule has 0 bridgehead atoms. The molecule has 1 unspecified atom stereocenters. The van der Waals surface area contributed by atoms with E-state index in [9.17, 15) is 22.8 Å². The van der Waals surface area contributed by atoms with E-state index in [4.69, 9.17) is 10.5 Å². The molecular formula is C27H27F3N4O3. The predicted molar refractivity (Wildman–Crippen MR) is 134 cm³/mol. The average Bonchev–Trinajstić information content (AvgIpc) is 3.66. The lowest BCUT2D eigenvalue weighted by atomic mass is 10.1. The van der Waals surface area contributed by atoms with Gasteiger partial charge in [0.15, 0.2) is 0 Å². The van der Waals surface area contributed by atoms with Crippen molar-refractivity contribution in [2.45, 2.75) is 37.7 Å². The first-order valence-corrected chi connectivity index (χ1v) is 11.7. The van der Waals surface area contributed by atoms with Gasteiger partial charge in [-0.2, -0.15) is 13.2 Å². The number of anilines is 2. The van der Waals surface area contributed by atoms with Crippen molar-refractivity contribution < 1.29 is 27.5 Å². The molecule has 7 nitrogen and oxygen atoms in total. The summed E-state index contributed by atoms with van der Waals surface area (Å²) in [7, 11) is 0. The summed E-state index contributed by atoms with van der Waals surface area (Å²) in [4.78, 5) is 24.5. The van der Waals surface area contributed by atoms with Gasteiger partial charge in [0.05, 0.1) is 17.9 Å². The number of nitrogens with one attached hydrogen (secondary N) is 3. The number of nitrogen functional groups attached to an aromatic ring is 1. The van der Waals surface area contributed by atoms with Gasteiger partial charge in [-0.3, -0.25) is 4.79 Å². The van der Waals surface area contributed by atoms with E-state index in [-0.39, 0.29) is 31.0 Å². The minimum Gasteiger partial charge on any atom is -0.445 e. The number of ether oxygens (including phenoxy) is 1. The van der Waals surface area contributed by atoms with Crippen LogP contribution in [0.5, 0.6) is 0 Å². The standard InChI is InChI=1S/C27H27F3N4O3/c28-27(29,30)16-33-24-13-21(24)19-9-7-18(8-10-19)15-37-26(36)32-14-17-5-11-20(12-6-17)25(35)34-23-4-2-1-3-22(23)31/h1-12,21,24,33H,13-16,31H2,(H,32,36)(H,34,35)/t21?,24-/m0/s1. The summed E-state index contributed by atoms with van der Waals surface area (Å²) in [6, 6.07) is 20.9. The number of carbonyl (C=O) groups is 2. The van der Waals surface area contributed by atoms with Crippen LogP contribution in [0.25, 0.3) is 0 Å². The third-order valence-corrected chi connectivity index (χ3v) is 5.99.